The van der Waals surface area contributed by atoms with Crippen LogP contribution >= 0.6 is 11.3 Å². The lowest BCUT2D eigenvalue weighted by Crippen LogP contribution is -2.10. The van der Waals surface area contributed by atoms with Crippen LogP contribution in [-0.4, -0.2) is 22.8 Å². The summed E-state index contributed by atoms with van der Waals surface area (Å²) >= 11 is 1.53. The lowest BCUT2D eigenvalue weighted by atomic mass is 10.1. The first-order chi connectivity index (χ1) is 9.49. The largest absolute Gasteiger partial charge is 0.481 e. The molecule has 108 valence electrons. The number of thiophene rings is 1. The predicted molar refractivity (Wildman–Crippen MR) is 80.6 cm³/mol. The second-order valence-electron chi connectivity index (χ2n) is 5.01. The van der Waals surface area contributed by atoms with Crippen LogP contribution in [0.15, 0.2) is 18.2 Å². The van der Waals surface area contributed by atoms with E-state index in [0.29, 0.717) is 22.5 Å². The number of methoxy groups -OCH3 is 1. The Bertz CT molecular complexity index is 601. The van der Waals surface area contributed by atoms with E-state index in [-0.39, 0.29) is 5.91 Å². The number of hydrogen-bond donors (Lipinski definition) is 1. The summed E-state index contributed by atoms with van der Waals surface area (Å²) in [5.74, 6) is 1.55. The molecule has 6 heteroatoms. The van der Waals surface area contributed by atoms with Gasteiger partial charge in [-0.15, -0.1) is 11.3 Å². The van der Waals surface area contributed by atoms with E-state index in [1.54, 1.807) is 24.9 Å². The smallest absolute Gasteiger partial charge is 0.266 e. The molecule has 1 amide bonds. The standard InChI is InChI=1S/C14H19N3O2S/c1-9(2)7-10-5-6-11(20-10)14(18)15-12-8-13(19-4)17(3)16-12/h5-6,8-9H,7H2,1-4H3,(H,15,16,18). The zero-order valence-electron chi connectivity index (χ0n) is 12.1. The molecular weight excluding hydrogens is 274 g/mol. The highest BCUT2D eigenvalue weighted by atomic mass is 32.1. The molecule has 0 saturated heterocycles. The van der Waals surface area contributed by atoms with Crippen molar-refractivity contribution in [2.75, 3.05) is 12.4 Å². The first-order valence-corrected chi connectivity index (χ1v) is 7.29. The van der Waals surface area contributed by atoms with Gasteiger partial charge in [-0.25, -0.2) is 4.68 Å². The molecule has 2 aromatic heterocycles. The summed E-state index contributed by atoms with van der Waals surface area (Å²) in [7, 11) is 3.33. The molecule has 0 aliphatic heterocycles. The summed E-state index contributed by atoms with van der Waals surface area (Å²) in [5.41, 5.74) is 0. The van der Waals surface area contributed by atoms with Crippen LogP contribution in [0.3, 0.4) is 0 Å². The summed E-state index contributed by atoms with van der Waals surface area (Å²) in [5, 5.41) is 6.95. The van der Waals surface area contributed by atoms with E-state index in [4.69, 9.17) is 4.74 Å². The Balaban J connectivity index is 2.05. The van der Waals surface area contributed by atoms with Gasteiger partial charge in [-0.3, -0.25) is 4.79 Å². The second-order valence-corrected chi connectivity index (χ2v) is 6.18. The SMILES string of the molecule is COc1cc(NC(=O)c2ccc(CC(C)C)s2)nn1C. The Kier molecular flexibility index (Phi) is 4.44. The molecule has 0 aliphatic carbocycles. The van der Waals surface area contributed by atoms with Crippen LogP contribution in [0.25, 0.3) is 0 Å². The van der Waals surface area contributed by atoms with E-state index < -0.39 is 0 Å². The highest BCUT2D eigenvalue weighted by Gasteiger charge is 2.13. The Labute approximate surface area is 122 Å². The molecule has 0 radical (unpaired) electrons. The monoisotopic (exact) mass is 293 g/mol. The van der Waals surface area contributed by atoms with Crippen LogP contribution in [-0.2, 0) is 13.5 Å². The number of aryl methyl sites for hydroxylation is 1. The molecule has 0 fully saturated rings. The van der Waals surface area contributed by atoms with Crippen molar-refractivity contribution in [1.82, 2.24) is 9.78 Å². The average Bonchev–Trinajstić information content (AvgIpc) is 2.95. The number of hydrogen-bond acceptors (Lipinski definition) is 4. The van der Waals surface area contributed by atoms with E-state index >= 15 is 0 Å². The van der Waals surface area contributed by atoms with E-state index in [2.05, 4.69) is 24.3 Å². The van der Waals surface area contributed by atoms with Crippen molar-refractivity contribution >= 4 is 23.1 Å². The molecule has 0 bridgehead atoms. The molecular formula is C14H19N3O2S. The van der Waals surface area contributed by atoms with Gasteiger partial charge in [0.1, 0.15) is 0 Å². The summed E-state index contributed by atoms with van der Waals surface area (Å²) in [6.07, 6.45) is 0.995. The lowest BCUT2D eigenvalue weighted by Gasteiger charge is -2.00. The molecule has 0 saturated carbocycles. The van der Waals surface area contributed by atoms with Gasteiger partial charge in [-0.2, -0.15) is 5.10 Å². The molecule has 0 aliphatic rings. The Hall–Kier alpha value is -1.82. The number of anilines is 1. The summed E-state index contributed by atoms with van der Waals surface area (Å²) in [6.45, 7) is 4.33. The third kappa shape index (κ3) is 3.39. The van der Waals surface area contributed by atoms with Gasteiger partial charge in [-0.1, -0.05) is 13.8 Å². The van der Waals surface area contributed by atoms with Gasteiger partial charge in [0.25, 0.3) is 5.91 Å². The van der Waals surface area contributed by atoms with Gasteiger partial charge in [0.2, 0.25) is 5.88 Å². The van der Waals surface area contributed by atoms with Crippen molar-refractivity contribution in [2.24, 2.45) is 13.0 Å². The maximum absolute atomic E-state index is 12.1. The number of nitrogens with one attached hydrogen (secondary N) is 1. The molecule has 5 nitrogen and oxygen atoms in total. The van der Waals surface area contributed by atoms with Gasteiger partial charge >= 0.3 is 0 Å². The number of rotatable bonds is 5. The number of carbonyl (C=O) groups excluding carboxylic acids is 1. The van der Waals surface area contributed by atoms with Gasteiger partial charge in [-0.05, 0) is 24.5 Å². The van der Waals surface area contributed by atoms with Gasteiger partial charge in [0.05, 0.1) is 12.0 Å². The maximum atomic E-state index is 12.1. The van der Waals surface area contributed by atoms with Crippen molar-refractivity contribution in [1.29, 1.82) is 0 Å². The number of nitrogens with zero attached hydrogens (tertiary/aromatic N) is 2. The number of ether oxygens (including phenoxy) is 1. The van der Waals surface area contributed by atoms with E-state index in [1.165, 1.54) is 16.2 Å². The van der Waals surface area contributed by atoms with Gasteiger partial charge in [0.15, 0.2) is 5.82 Å². The topological polar surface area (TPSA) is 56.1 Å². The van der Waals surface area contributed by atoms with Gasteiger partial charge < -0.3 is 10.1 Å². The van der Waals surface area contributed by atoms with Crippen LogP contribution in [0.1, 0.15) is 28.4 Å². The highest BCUT2D eigenvalue weighted by molar-refractivity contribution is 7.14. The number of amides is 1. The molecule has 0 unspecified atom stereocenters. The molecule has 0 atom stereocenters. The third-order valence-electron chi connectivity index (χ3n) is 2.78. The van der Waals surface area contributed by atoms with E-state index in [9.17, 15) is 4.79 Å². The Morgan fingerprint density at radius 1 is 1.50 bits per heavy atom. The molecule has 1 N–H and O–H groups in total. The number of aromatic nitrogens is 2. The minimum absolute atomic E-state index is 0.134. The zero-order valence-corrected chi connectivity index (χ0v) is 13.0. The highest BCUT2D eigenvalue weighted by Crippen LogP contribution is 2.22. The normalized spacial score (nSPS) is 10.8. The quantitative estimate of drug-likeness (QED) is 0.922. The molecule has 0 spiro atoms. The fourth-order valence-corrected chi connectivity index (χ4v) is 3.01. The first kappa shape index (κ1) is 14.6. The molecule has 0 aromatic carbocycles. The predicted octanol–water partition coefficient (Wildman–Crippen LogP) is 2.94. The summed E-state index contributed by atoms with van der Waals surface area (Å²) in [6, 6.07) is 5.57. The lowest BCUT2D eigenvalue weighted by molar-refractivity contribution is 0.103. The first-order valence-electron chi connectivity index (χ1n) is 6.47. The number of carbonyl (C=O) groups is 1. The molecule has 2 aromatic rings. The summed E-state index contributed by atoms with van der Waals surface area (Å²) in [4.78, 5) is 14.1. The third-order valence-corrected chi connectivity index (χ3v) is 3.89. The minimum Gasteiger partial charge on any atom is -0.481 e. The fraction of sp³-hybridized carbons (Fsp3) is 0.429. The minimum atomic E-state index is -0.134. The van der Waals surface area contributed by atoms with Crippen LogP contribution in [0, 0.1) is 5.92 Å². The van der Waals surface area contributed by atoms with Crippen LogP contribution in [0.2, 0.25) is 0 Å². The summed E-state index contributed by atoms with van der Waals surface area (Å²) < 4.78 is 6.69. The average molecular weight is 293 g/mol. The van der Waals surface area contributed by atoms with Crippen molar-refractivity contribution in [2.45, 2.75) is 20.3 Å². The van der Waals surface area contributed by atoms with Crippen molar-refractivity contribution in [3.05, 3.63) is 28.0 Å². The zero-order chi connectivity index (χ0) is 14.7. The molecule has 2 heterocycles. The second kappa shape index (κ2) is 6.09. The van der Waals surface area contributed by atoms with E-state index in [0.717, 1.165) is 6.42 Å². The van der Waals surface area contributed by atoms with Crippen LogP contribution < -0.4 is 10.1 Å². The Morgan fingerprint density at radius 2 is 2.25 bits per heavy atom. The van der Waals surface area contributed by atoms with Gasteiger partial charge in [0, 0.05) is 18.0 Å². The van der Waals surface area contributed by atoms with E-state index in [1.807, 2.05) is 12.1 Å². The Morgan fingerprint density at radius 3 is 2.85 bits per heavy atom. The maximum Gasteiger partial charge on any atom is 0.266 e. The van der Waals surface area contributed by atoms with Crippen LogP contribution in [0.5, 0.6) is 5.88 Å². The van der Waals surface area contributed by atoms with Crippen LogP contribution in [0.4, 0.5) is 5.82 Å². The van der Waals surface area contributed by atoms with Crippen molar-refractivity contribution in [3.63, 3.8) is 0 Å². The molecule has 2 rings (SSSR count). The molecule has 20 heavy (non-hydrogen) atoms. The van der Waals surface area contributed by atoms with Crippen molar-refractivity contribution in [3.8, 4) is 5.88 Å². The van der Waals surface area contributed by atoms with Crippen molar-refractivity contribution < 1.29 is 9.53 Å². The fourth-order valence-electron chi connectivity index (χ4n) is 1.89.